The molecule has 0 radical (unpaired) electrons. The van der Waals surface area contributed by atoms with E-state index in [9.17, 15) is 15.2 Å². The fourth-order valence-corrected chi connectivity index (χ4v) is 5.74. The van der Waals surface area contributed by atoms with Gasteiger partial charge < -0.3 is 24.5 Å². The highest BCUT2D eigenvalue weighted by Gasteiger charge is 2.35. The fraction of sp³-hybridized carbons (Fsp3) is 0.462. The summed E-state index contributed by atoms with van der Waals surface area (Å²) in [4.78, 5) is 17.7. The summed E-state index contributed by atoms with van der Waals surface area (Å²) in [5.74, 6) is 0.791. The molecule has 1 amide bonds. The number of likely N-dealkylation sites (N-methyl/N-ethyl adjacent to an activating group) is 1. The van der Waals surface area contributed by atoms with Gasteiger partial charge in [-0.15, -0.1) is 0 Å². The third-order valence-electron chi connectivity index (χ3n) is 7.74. The van der Waals surface area contributed by atoms with E-state index in [1.807, 2.05) is 19.3 Å². The van der Waals surface area contributed by atoms with Crippen molar-refractivity contribution < 1.29 is 14.6 Å². The SMILES string of the molecule is CN1CCN(c2nn(C3CCOCC3)c3c2CN(C(=O)O)CC3)c2cc(C#N)c(-c3cnn(C)c3)cc21. The zero-order chi connectivity index (χ0) is 25.7. The van der Waals surface area contributed by atoms with Crippen molar-refractivity contribution in [3.8, 4) is 17.2 Å². The minimum Gasteiger partial charge on any atom is -0.465 e. The number of anilines is 3. The summed E-state index contributed by atoms with van der Waals surface area (Å²) in [5, 5.41) is 29.2. The molecule has 3 aromatic rings. The van der Waals surface area contributed by atoms with Crippen molar-refractivity contribution in [1.29, 1.82) is 5.26 Å². The molecule has 192 valence electrons. The standard InChI is InChI=1S/C26H30N8O3/c1-30-7-8-33(24-11-17(13-27)20(12-23(24)30)18-14-28-31(2)15-18)25-21-16-32(26(35)36)6-3-22(21)34(29-25)19-4-9-37-10-5-19/h11-12,14-15,19H,3-10,16H2,1-2H3,(H,35,36). The quantitative estimate of drug-likeness (QED) is 0.581. The first kappa shape index (κ1) is 23.4. The number of rotatable bonds is 3. The van der Waals surface area contributed by atoms with Gasteiger partial charge in [-0.05, 0) is 25.0 Å². The van der Waals surface area contributed by atoms with Crippen LogP contribution in [0.2, 0.25) is 0 Å². The molecular formula is C26H30N8O3. The third-order valence-corrected chi connectivity index (χ3v) is 7.74. The Morgan fingerprint density at radius 3 is 2.68 bits per heavy atom. The Balaban J connectivity index is 1.48. The van der Waals surface area contributed by atoms with Gasteiger partial charge in [0, 0.05) is 81.9 Å². The first-order valence-corrected chi connectivity index (χ1v) is 12.7. The average molecular weight is 503 g/mol. The van der Waals surface area contributed by atoms with Crippen molar-refractivity contribution in [2.24, 2.45) is 7.05 Å². The van der Waals surface area contributed by atoms with Crippen LogP contribution in [0.1, 0.15) is 35.7 Å². The van der Waals surface area contributed by atoms with E-state index in [0.29, 0.717) is 44.8 Å². The molecule has 0 bridgehead atoms. The van der Waals surface area contributed by atoms with Crippen LogP contribution in [0.3, 0.4) is 0 Å². The molecule has 3 aliphatic heterocycles. The van der Waals surface area contributed by atoms with Gasteiger partial charge >= 0.3 is 6.09 Å². The van der Waals surface area contributed by atoms with Crippen LogP contribution < -0.4 is 9.80 Å². The molecule has 0 unspecified atom stereocenters. The van der Waals surface area contributed by atoms with E-state index in [0.717, 1.165) is 59.0 Å². The van der Waals surface area contributed by atoms with Crippen LogP contribution in [0.25, 0.3) is 11.1 Å². The van der Waals surface area contributed by atoms with Gasteiger partial charge in [0.25, 0.3) is 0 Å². The molecule has 2 aromatic heterocycles. The van der Waals surface area contributed by atoms with Gasteiger partial charge in [0.15, 0.2) is 5.82 Å². The highest BCUT2D eigenvalue weighted by Crippen LogP contribution is 2.44. The molecular weight excluding hydrogens is 472 g/mol. The lowest BCUT2D eigenvalue weighted by Crippen LogP contribution is -2.38. The number of nitrogens with zero attached hydrogens (tertiary/aromatic N) is 8. The predicted molar refractivity (Wildman–Crippen MR) is 137 cm³/mol. The Labute approximate surface area is 215 Å². The lowest BCUT2D eigenvalue weighted by atomic mass is 9.98. The van der Waals surface area contributed by atoms with Gasteiger partial charge in [-0.1, -0.05) is 0 Å². The topological polar surface area (TPSA) is 116 Å². The lowest BCUT2D eigenvalue weighted by Gasteiger charge is -2.37. The van der Waals surface area contributed by atoms with E-state index >= 15 is 0 Å². The van der Waals surface area contributed by atoms with Crippen molar-refractivity contribution in [2.45, 2.75) is 31.8 Å². The number of nitriles is 1. The van der Waals surface area contributed by atoms with Gasteiger partial charge in [0.05, 0.1) is 41.8 Å². The number of ether oxygens (including phenoxy) is 1. The summed E-state index contributed by atoms with van der Waals surface area (Å²) in [6.45, 7) is 3.64. The number of hydrogen-bond acceptors (Lipinski definition) is 7. The molecule has 0 atom stereocenters. The number of benzene rings is 1. The van der Waals surface area contributed by atoms with E-state index in [1.165, 1.54) is 4.90 Å². The number of amides is 1. The smallest absolute Gasteiger partial charge is 0.407 e. The molecule has 1 N–H and O–H groups in total. The van der Waals surface area contributed by atoms with Crippen LogP contribution in [0.4, 0.5) is 22.0 Å². The molecule has 1 saturated heterocycles. The molecule has 6 rings (SSSR count). The summed E-state index contributed by atoms with van der Waals surface area (Å²) < 4.78 is 9.46. The second-order valence-corrected chi connectivity index (χ2v) is 9.97. The fourth-order valence-electron chi connectivity index (χ4n) is 5.74. The molecule has 11 nitrogen and oxygen atoms in total. The highest BCUT2D eigenvalue weighted by atomic mass is 16.5. The van der Waals surface area contributed by atoms with Crippen molar-refractivity contribution in [1.82, 2.24) is 24.5 Å². The van der Waals surface area contributed by atoms with E-state index < -0.39 is 6.09 Å². The molecule has 1 aromatic carbocycles. The molecule has 1 fully saturated rings. The van der Waals surface area contributed by atoms with Crippen LogP contribution in [-0.4, -0.2) is 75.6 Å². The second kappa shape index (κ2) is 9.12. The average Bonchev–Trinajstić information content (AvgIpc) is 3.52. The van der Waals surface area contributed by atoms with Gasteiger partial charge in [-0.2, -0.15) is 15.5 Å². The maximum atomic E-state index is 11.9. The van der Waals surface area contributed by atoms with Crippen LogP contribution in [0.15, 0.2) is 24.5 Å². The largest absolute Gasteiger partial charge is 0.465 e. The minimum atomic E-state index is -0.915. The number of carbonyl (C=O) groups is 1. The maximum absolute atomic E-state index is 11.9. The monoisotopic (exact) mass is 502 g/mol. The summed E-state index contributed by atoms with van der Waals surface area (Å²) in [6.07, 6.45) is 5.19. The predicted octanol–water partition coefficient (Wildman–Crippen LogP) is 3.13. The van der Waals surface area contributed by atoms with E-state index in [2.05, 4.69) is 38.8 Å². The van der Waals surface area contributed by atoms with E-state index in [4.69, 9.17) is 9.84 Å². The molecule has 3 aliphatic rings. The van der Waals surface area contributed by atoms with Crippen molar-refractivity contribution in [2.75, 3.05) is 49.7 Å². The lowest BCUT2D eigenvalue weighted by molar-refractivity contribution is 0.0650. The van der Waals surface area contributed by atoms with E-state index in [1.54, 1.807) is 10.9 Å². The second-order valence-electron chi connectivity index (χ2n) is 9.97. The van der Waals surface area contributed by atoms with Crippen LogP contribution in [0, 0.1) is 11.3 Å². The van der Waals surface area contributed by atoms with Crippen LogP contribution in [-0.2, 0) is 24.8 Å². The van der Waals surface area contributed by atoms with Crippen molar-refractivity contribution in [3.05, 3.63) is 41.3 Å². The maximum Gasteiger partial charge on any atom is 0.407 e. The Morgan fingerprint density at radius 2 is 1.97 bits per heavy atom. The Bertz CT molecular complexity index is 1400. The zero-order valence-electron chi connectivity index (χ0n) is 21.1. The van der Waals surface area contributed by atoms with Crippen molar-refractivity contribution in [3.63, 3.8) is 0 Å². The van der Waals surface area contributed by atoms with Crippen LogP contribution in [0.5, 0.6) is 0 Å². The Kier molecular flexibility index (Phi) is 5.76. The highest BCUT2D eigenvalue weighted by molar-refractivity contribution is 5.87. The van der Waals surface area contributed by atoms with Gasteiger partial charge in [-0.25, -0.2) is 4.79 Å². The molecule has 0 saturated carbocycles. The minimum absolute atomic E-state index is 0.238. The van der Waals surface area contributed by atoms with Gasteiger partial charge in [0.1, 0.15) is 0 Å². The number of hydrogen-bond donors (Lipinski definition) is 1. The molecule has 37 heavy (non-hydrogen) atoms. The Hall–Kier alpha value is -4.04. The van der Waals surface area contributed by atoms with Crippen molar-refractivity contribution >= 4 is 23.3 Å². The van der Waals surface area contributed by atoms with Crippen LogP contribution >= 0.6 is 0 Å². The number of fused-ring (bicyclic) bond motifs is 2. The van der Waals surface area contributed by atoms with E-state index in [-0.39, 0.29) is 6.04 Å². The summed E-state index contributed by atoms with van der Waals surface area (Å²) >= 11 is 0. The summed E-state index contributed by atoms with van der Waals surface area (Å²) in [5.41, 5.74) is 6.30. The number of aromatic nitrogens is 4. The first-order chi connectivity index (χ1) is 17.9. The van der Waals surface area contributed by atoms with Gasteiger partial charge in [-0.3, -0.25) is 9.36 Å². The summed E-state index contributed by atoms with van der Waals surface area (Å²) in [6, 6.07) is 6.61. The molecule has 0 aliphatic carbocycles. The zero-order valence-corrected chi connectivity index (χ0v) is 21.1. The first-order valence-electron chi connectivity index (χ1n) is 12.7. The normalized spacial score (nSPS) is 17.9. The summed E-state index contributed by atoms with van der Waals surface area (Å²) in [7, 11) is 3.91. The number of carboxylic acid groups (broad SMARTS) is 1. The van der Waals surface area contributed by atoms with Gasteiger partial charge in [0.2, 0.25) is 0 Å². The molecule has 5 heterocycles. The molecule has 11 heteroatoms. The molecule has 0 spiro atoms. The Morgan fingerprint density at radius 1 is 1.16 bits per heavy atom. The third kappa shape index (κ3) is 3.97. The number of aryl methyl sites for hydroxylation is 1.